The van der Waals surface area contributed by atoms with Crippen molar-refractivity contribution < 1.29 is 13.2 Å². The van der Waals surface area contributed by atoms with Gasteiger partial charge in [0, 0.05) is 29.7 Å². The van der Waals surface area contributed by atoms with Crippen LogP contribution in [0.3, 0.4) is 0 Å². The number of amides is 1. The number of hydrogen-bond acceptors (Lipinski definition) is 7. The van der Waals surface area contributed by atoms with Crippen LogP contribution in [0.15, 0.2) is 46.6 Å². The minimum atomic E-state index is -3.33. The summed E-state index contributed by atoms with van der Waals surface area (Å²) >= 11 is 1.24. The summed E-state index contributed by atoms with van der Waals surface area (Å²) in [5.74, 6) is -0.473. The smallest absolute Gasteiger partial charge is 0.277 e. The van der Waals surface area contributed by atoms with Gasteiger partial charge in [0.2, 0.25) is 10.0 Å². The summed E-state index contributed by atoms with van der Waals surface area (Å²) in [6.45, 7) is 0. The minimum Gasteiger partial charge on any atom is -0.296 e. The summed E-state index contributed by atoms with van der Waals surface area (Å²) in [4.78, 5) is 27.9. The number of anilines is 2. The quantitative estimate of drug-likeness (QED) is 0.664. The Bertz CT molecular complexity index is 1150. The van der Waals surface area contributed by atoms with E-state index in [0.717, 1.165) is 16.5 Å². The lowest BCUT2D eigenvalue weighted by Crippen LogP contribution is -2.23. The molecule has 0 radical (unpaired) electrons. The van der Waals surface area contributed by atoms with Gasteiger partial charge in [-0.2, -0.15) is 5.10 Å². The first-order valence-corrected chi connectivity index (χ1v) is 10.4. The van der Waals surface area contributed by atoms with Crippen molar-refractivity contribution in [3.8, 4) is 11.3 Å². The monoisotopic (exact) mass is 405 g/mol. The molecule has 140 valence electrons. The molecule has 0 atom stereocenters. The molecule has 2 N–H and O–H groups in total. The Hall–Kier alpha value is -3.05. The van der Waals surface area contributed by atoms with E-state index in [1.807, 2.05) is 0 Å². The molecule has 0 fully saturated rings. The predicted octanol–water partition coefficient (Wildman–Crippen LogP) is 1.53. The number of sulfonamides is 1. The molecule has 1 amide bonds. The van der Waals surface area contributed by atoms with Gasteiger partial charge >= 0.3 is 0 Å². The Morgan fingerprint density at radius 3 is 2.48 bits per heavy atom. The summed E-state index contributed by atoms with van der Waals surface area (Å²) < 4.78 is 25.9. The molecule has 0 aliphatic carbocycles. The van der Waals surface area contributed by atoms with Gasteiger partial charge in [0.15, 0.2) is 5.13 Å². The van der Waals surface area contributed by atoms with Crippen molar-refractivity contribution in [2.24, 2.45) is 7.05 Å². The largest absolute Gasteiger partial charge is 0.296 e. The summed E-state index contributed by atoms with van der Waals surface area (Å²) in [7, 11) is -1.87. The third-order valence-corrected chi connectivity index (χ3v) is 4.77. The molecule has 9 nitrogen and oxygen atoms in total. The second-order valence-corrected chi connectivity index (χ2v) is 8.23. The summed E-state index contributed by atoms with van der Waals surface area (Å²) in [6.07, 6.45) is 1.08. The SMILES string of the molecule is Cn1nc(C(=O)Nc2nc(-c3ccc(NS(C)(=O)=O)cc3)cs2)ccc1=O. The Kier molecular flexibility index (Phi) is 5.06. The molecule has 0 aliphatic heterocycles. The molecular weight excluding hydrogens is 390 g/mol. The number of carbonyl (C=O) groups excluding carboxylic acids is 1. The first kappa shape index (κ1) is 18.7. The van der Waals surface area contributed by atoms with Crippen LogP contribution in [0.5, 0.6) is 0 Å². The van der Waals surface area contributed by atoms with Gasteiger partial charge in [-0.3, -0.25) is 19.6 Å². The molecule has 2 heterocycles. The number of nitrogens with zero attached hydrogens (tertiary/aromatic N) is 3. The van der Waals surface area contributed by atoms with Gasteiger partial charge in [0.1, 0.15) is 5.69 Å². The molecule has 3 aromatic rings. The molecule has 0 bridgehead atoms. The van der Waals surface area contributed by atoms with Crippen LogP contribution in [-0.4, -0.2) is 35.3 Å². The normalized spacial score (nSPS) is 11.2. The molecule has 0 saturated carbocycles. The van der Waals surface area contributed by atoms with Crippen molar-refractivity contribution >= 4 is 38.1 Å². The van der Waals surface area contributed by atoms with Gasteiger partial charge in [0.05, 0.1) is 11.9 Å². The van der Waals surface area contributed by atoms with E-state index in [0.29, 0.717) is 16.5 Å². The number of thiazole rings is 1. The van der Waals surface area contributed by atoms with Crippen LogP contribution in [0.1, 0.15) is 10.5 Å². The van der Waals surface area contributed by atoms with E-state index in [-0.39, 0.29) is 11.3 Å². The van der Waals surface area contributed by atoms with Gasteiger partial charge in [-0.25, -0.2) is 18.1 Å². The minimum absolute atomic E-state index is 0.102. The first-order chi connectivity index (χ1) is 12.7. The van der Waals surface area contributed by atoms with E-state index in [4.69, 9.17) is 0 Å². The average molecular weight is 405 g/mol. The molecule has 3 rings (SSSR count). The average Bonchev–Trinajstić information content (AvgIpc) is 3.05. The molecule has 11 heteroatoms. The molecule has 0 unspecified atom stereocenters. The van der Waals surface area contributed by atoms with E-state index in [9.17, 15) is 18.0 Å². The molecule has 2 aromatic heterocycles. The Morgan fingerprint density at radius 1 is 1.15 bits per heavy atom. The highest BCUT2D eigenvalue weighted by Crippen LogP contribution is 2.26. The van der Waals surface area contributed by atoms with E-state index >= 15 is 0 Å². The number of rotatable bonds is 5. The van der Waals surface area contributed by atoms with Gasteiger partial charge < -0.3 is 0 Å². The lowest BCUT2D eigenvalue weighted by molar-refractivity contribution is 0.102. The number of carbonyl (C=O) groups is 1. The van der Waals surface area contributed by atoms with E-state index in [1.54, 1.807) is 29.6 Å². The third-order valence-electron chi connectivity index (χ3n) is 3.40. The highest BCUT2D eigenvalue weighted by Gasteiger charge is 2.12. The summed E-state index contributed by atoms with van der Waals surface area (Å²) in [5.41, 5.74) is 1.65. The van der Waals surface area contributed by atoms with Crippen molar-refractivity contribution in [1.29, 1.82) is 0 Å². The van der Waals surface area contributed by atoms with Crippen molar-refractivity contribution in [3.63, 3.8) is 0 Å². The van der Waals surface area contributed by atoms with Crippen LogP contribution in [0, 0.1) is 0 Å². The number of aryl methyl sites for hydroxylation is 1. The molecule has 0 spiro atoms. The van der Waals surface area contributed by atoms with Crippen LogP contribution in [0.2, 0.25) is 0 Å². The number of aromatic nitrogens is 3. The van der Waals surface area contributed by atoms with E-state index < -0.39 is 15.9 Å². The zero-order valence-corrected chi connectivity index (χ0v) is 16.0. The lowest BCUT2D eigenvalue weighted by atomic mass is 10.1. The predicted molar refractivity (Wildman–Crippen MR) is 103 cm³/mol. The van der Waals surface area contributed by atoms with Crippen LogP contribution in [0.25, 0.3) is 11.3 Å². The highest BCUT2D eigenvalue weighted by atomic mass is 32.2. The van der Waals surface area contributed by atoms with Crippen LogP contribution in [-0.2, 0) is 17.1 Å². The van der Waals surface area contributed by atoms with E-state index in [2.05, 4.69) is 20.1 Å². The second-order valence-electron chi connectivity index (χ2n) is 5.62. The fraction of sp³-hybridized carbons (Fsp3) is 0.125. The van der Waals surface area contributed by atoms with Crippen LogP contribution < -0.4 is 15.6 Å². The van der Waals surface area contributed by atoms with Gasteiger partial charge in [-0.1, -0.05) is 12.1 Å². The maximum Gasteiger partial charge on any atom is 0.277 e. The maximum absolute atomic E-state index is 12.2. The maximum atomic E-state index is 12.2. The summed E-state index contributed by atoms with van der Waals surface area (Å²) in [5, 5.41) is 8.67. The van der Waals surface area contributed by atoms with Gasteiger partial charge in [0.25, 0.3) is 11.5 Å². The number of hydrogen-bond donors (Lipinski definition) is 2. The highest BCUT2D eigenvalue weighted by molar-refractivity contribution is 7.92. The van der Waals surface area contributed by atoms with Gasteiger partial charge in [-0.05, 0) is 18.2 Å². The standard InChI is InChI=1S/C16H15N5O4S2/c1-21-14(22)8-7-12(19-21)15(23)18-16-17-13(9-26-16)10-3-5-11(6-4-10)20-27(2,24)25/h3-9,20H,1-2H3,(H,17,18,23). The van der Waals surface area contributed by atoms with Crippen molar-refractivity contribution in [3.05, 3.63) is 57.8 Å². The van der Waals surface area contributed by atoms with Crippen molar-refractivity contribution in [2.45, 2.75) is 0 Å². The third kappa shape index (κ3) is 4.77. The van der Waals surface area contributed by atoms with Crippen molar-refractivity contribution in [2.75, 3.05) is 16.3 Å². The zero-order chi connectivity index (χ0) is 19.6. The van der Waals surface area contributed by atoms with Crippen molar-refractivity contribution in [1.82, 2.24) is 14.8 Å². The zero-order valence-electron chi connectivity index (χ0n) is 14.3. The Morgan fingerprint density at radius 2 is 1.85 bits per heavy atom. The molecule has 0 aliphatic rings. The molecule has 27 heavy (non-hydrogen) atoms. The fourth-order valence-corrected chi connectivity index (χ4v) is 3.45. The molecule has 0 saturated heterocycles. The Balaban J connectivity index is 1.73. The molecular formula is C16H15N5O4S2. The topological polar surface area (TPSA) is 123 Å². The number of nitrogens with one attached hydrogen (secondary N) is 2. The molecule has 1 aromatic carbocycles. The second kappa shape index (κ2) is 7.29. The number of benzene rings is 1. The van der Waals surface area contributed by atoms with Crippen LogP contribution >= 0.6 is 11.3 Å². The Labute approximate surface area is 158 Å². The van der Waals surface area contributed by atoms with Crippen LogP contribution in [0.4, 0.5) is 10.8 Å². The fourth-order valence-electron chi connectivity index (χ4n) is 2.17. The first-order valence-electron chi connectivity index (χ1n) is 7.61. The van der Waals surface area contributed by atoms with E-state index in [1.165, 1.54) is 30.5 Å². The van der Waals surface area contributed by atoms with Gasteiger partial charge in [-0.15, -0.1) is 11.3 Å². The summed E-state index contributed by atoms with van der Waals surface area (Å²) in [6, 6.07) is 9.32. The lowest BCUT2D eigenvalue weighted by Gasteiger charge is -2.04.